The molecule has 0 aliphatic carbocycles. The van der Waals surface area contributed by atoms with Crippen LogP contribution in [-0.4, -0.2) is 16.9 Å². The van der Waals surface area contributed by atoms with Gasteiger partial charge in [0.1, 0.15) is 0 Å². The Hall–Kier alpha value is -2.10. The van der Waals surface area contributed by atoms with Crippen molar-refractivity contribution in [2.24, 2.45) is 0 Å². The Balaban J connectivity index is 2.96. The minimum atomic E-state index is -0.620. The van der Waals surface area contributed by atoms with Crippen LogP contribution in [0.3, 0.4) is 0 Å². The monoisotopic (exact) mass is 220 g/mol. The molecule has 0 fully saturated rings. The van der Waals surface area contributed by atoms with Crippen molar-refractivity contribution in [1.29, 1.82) is 0 Å². The van der Waals surface area contributed by atoms with Gasteiger partial charge < -0.3 is 9.84 Å². The van der Waals surface area contributed by atoms with Gasteiger partial charge in [0.25, 0.3) is 0 Å². The third-order valence-corrected chi connectivity index (χ3v) is 1.92. The summed E-state index contributed by atoms with van der Waals surface area (Å²) in [6.07, 6.45) is 0. The highest BCUT2D eigenvalue weighted by molar-refractivity contribution is 5.95. The second kappa shape index (κ2) is 4.61. The van der Waals surface area contributed by atoms with Gasteiger partial charge in [-0.25, -0.2) is 4.79 Å². The van der Waals surface area contributed by atoms with Gasteiger partial charge in [0.05, 0.1) is 0 Å². The fraction of sp³-hybridized carbons (Fsp3) is 0.167. The molecule has 0 saturated heterocycles. The molecule has 84 valence electrons. The zero-order chi connectivity index (χ0) is 12.3. The number of benzene rings is 1. The highest BCUT2D eigenvalue weighted by atomic mass is 16.5. The molecule has 4 nitrogen and oxygen atoms in total. The van der Waals surface area contributed by atoms with E-state index in [1.54, 1.807) is 0 Å². The number of phenols is 1. The molecule has 0 radical (unpaired) electrons. The van der Waals surface area contributed by atoms with Crippen molar-refractivity contribution < 1.29 is 19.4 Å². The van der Waals surface area contributed by atoms with Crippen LogP contribution in [0.5, 0.6) is 11.5 Å². The lowest BCUT2D eigenvalue weighted by Gasteiger charge is -2.06. The van der Waals surface area contributed by atoms with E-state index in [2.05, 4.69) is 6.58 Å². The van der Waals surface area contributed by atoms with E-state index in [-0.39, 0.29) is 22.9 Å². The first-order valence-electron chi connectivity index (χ1n) is 4.63. The number of phenolic OH excluding ortho intramolecular Hbond substituents is 1. The number of esters is 1. The molecule has 4 heteroatoms. The highest BCUT2D eigenvalue weighted by Crippen LogP contribution is 2.27. The van der Waals surface area contributed by atoms with Crippen LogP contribution in [0.4, 0.5) is 0 Å². The minimum absolute atomic E-state index is 0.0120. The summed E-state index contributed by atoms with van der Waals surface area (Å²) in [5.41, 5.74) is 0.586. The van der Waals surface area contributed by atoms with Gasteiger partial charge >= 0.3 is 5.97 Å². The quantitative estimate of drug-likeness (QED) is 0.366. The van der Waals surface area contributed by atoms with E-state index in [1.165, 1.54) is 32.0 Å². The van der Waals surface area contributed by atoms with Crippen molar-refractivity contribution in [2.45, 2.75) is 13.8 Å². The Morgan fingerprint density at radius 1 is 1.31 bits per heavy atom. The van der Waals surface area contributed by atoms with Gasteiger partial charge in [-0.1, -0.05) is 6.58 Å². The molecule has 0 aliphatic rings. The molecule has 1 rings (SSSR count). The molecule has 0 spiro atoms. The fourth-order valence-electron chi connectivity index (χ4n) is 1.01. The van der Waals surface area contributed by atoms with Crippen LogP contribution < -0.4 is 4.74 Å². The van der Waals surface area contributed by atoms with Gasteiger partial charge in [0, 0.05) is 11.1 Å². The van der Waals surface area contributed by atoms with E-state index in [0.29, 0.717) is 5.56 Å². The third-order valence-electron chi connectivity index (χ3n) is 1.92. The predicted molar refractivity (Wildman–Crippen MR) is 58.6 cm³/mol. The number of Topliss-reactive ketones (excluding diaryl/α,β-unsaturated/α-hetero) is 1. The van der Waals surface area contributed by atoms with Crippen LogP contribution in [0, 0.1) is 0 Å². The number of carbonyl (C=O) groups excluding carboxylic acids is 2. The van der Waals surface area contributed by atoms with E-state index in [9.17, 15) is 14.7 Å². The van der Waals surface area contributed by atoms with Crippen LogP contribution >= 0.6 is 0 Å². The Morgan fingerprint density at radius 3 is 2.38 bits per heavy atom. The molecule has 0 aromatic heterocycles. The van der Waals surface area contributed by atoms with Crippen molar-refractivity contribution in [1.82, 2.24) is 0 Å². The maximum absolute atomic E-state index is 11.2. The number of carbonyl (C=O) groups is 2. The normalized spacial score (nSPS) is 9.62. The van der Waals surface area contributed by atoms with Gasteiger partial charge in [-0.2, -0.15) is 0 Å². The summed E-state index contributed by atoms with van der Waals surface area (Å²) in [6.45, 7) is 6.30. The van der Waals surface area contributed by atoms with Gasteiger partial charge in [0.2, 0.25) is 0 Å². The van der Waals surface area contributed by atoms with Crippen molar-refractivity contribution in [3.63, 3.8) is 0 Å². The summed E-state index contributed by atoms with van der Waals surface area (Å²) in [6, 6.07) is 4.10. The minimum Gasteiger partial charge on any atom is -0.504 e. The molecule has 0 aliphatic heterocycles. The van der Waals surface area contributed by atoms with Crippen molar-refractivity contribution in [3.8, 4) is 11.5 Å². The molecule has 1 N–H and O–H groups in total. The zero-order valence-electron chi connectivity index (χ0n) is 9.11. The smallest absolute Gasteiger partial charge is 0.338 e. The molecule has 0 amide bonds. The Labute approximate surface area is 93.2 Å². The number of hydrogen-bond donors (Lipinski definition) is 1. The first kappa shape index (κ1) is 12.0. The number of ether oxygens (including phenoxy) is 1. The van der Waals surface area contributed by atoms with Gasteiger partial charge in [-0.3, -0.25) is 4.79 Å². The van der Waals surface area contributed by atoms with Crippen molar-refractivity contribution in [3.05, 3.63) is 35.9 Å². The summed E-state index contributed by atoms with van der Waals surface area (Å²) in [5, 5.41) is 9.51. The highest BCUT2D eigenvalue weighted by Gasteiger charge is 2.11. The summed E-state index contributed by atoms with van der Waals surface area (Å²) >= 11 is 0. The van der Waals surface area contributed by atoms with Crippen molar-refractivity contribution >= 4 is 11.8 Å². The van der Waals surface area contributed by atoms with Crippen LogP contribution in [0.1, 0.15) is 24.2 Å². The van der Waals surface area contributed by atoms with Crippen LogP contribution in [-0.2, 0) is 4.79 Å². The van der Waals surface area contributed by atoms with E-state index < -0.39 is 5.97 Å². The maximum atomic E-state index is 11.2. The number of aromatic hydroxyl groups is 1. The lowest BCUT2D eigenvalue weighted by atomic mass is 10.1. The molecule has 16 heavy (non-hydrogen) atoms. The Kier molecular flexibility index (Phi) is 3.45. The van der Waals surface area contributed by atoms with E-state index >= 15 is 0 Å². The maximum Gasteiger partial charge on any atom is 0.338 e. The van der Waals surface area contributed by atoms with E-state index in [1.807, 2.05) is 0 Å². The standard InChI is InChI=1S/C12H12O4/c1-7(2)12(15)16-11-5-4-9(8(3)13)6-10(11)14/h4-6,14H,1H2,2-3H3. The summed E-state index contributed by atoms with van der Waals surface area (Å²) in [4.78, 5) is 22.2. The topological polar surface area (TPSA) is 63.6 Å². The van der Waals surface area contributed by atoms with Crippen LogP contribution in [0.2, 0.25) is 0 Å². The average molecular weight is 220 g/mol. The van der Waals surface area contributed by atoms with Gasteiger partial charge in [-0.05, 0) is 32.0 Å². The third kappa shape index (κ3) is 2.70. The largest absolute Gasteiger partial charge is 0.504 e. The molecular weight excluding hydrogens is 208 g/mol. The molecule has 0 heterocycles. The first-order chi connectivity index (χ1) is 7.41. The lowest BCUT2D eigenvalue weighted by molar-refractivity contribution is -0.130. The number of rotatable bonds is 3. The SMILES string of the molecule is C=C(C)C(=O)Oc1ccc(C(C)=O)cc1O. The van der Waals surface area contributed by atoms with Crippen molar-refractivity contribution in [2.75, 3.05) is 0 Å². The Bertz CT molecular complexity index is 460. The molecule has 0 unspecified atom stereocenters. The van der Waals surface area contributed by atoms with Crippen LogP contribution in [0.25, 0.3) is 0 Å². The summed E-state index contributed by atoms with van der Waals surface area (Å²) in [5.74, 6) is -1.03. The average Bonchev–Trinajstić information content (AvgIpc) is 2.20. The molecule has 0 atom stereocenters. The van der Waals surface area contributed by atoms with Gasteiger partial charge in [-0.15, -0.1) is 0 Å². The van der Waals surface area contributed by atoms with E-state index in [0.717, 1.165) is 0 Å². The van der Waals surface area contributed by atoms with Gasteiger partial charge in [0.15, 0.2) is 17.3 Å². The molecular formula is C12H12O4. The van der Waals surface area contributed by atoms with Crippen LogP contribution in [0.15, 0.2) is 30.4 Å². The van der Waals surface area contributed by atoms with E-state index in [4.69, 9.17) is 4.74 Å². The second-order valence-electron chi connectivity index (χ2n) is 3.41. The lowest BCUT2D eigenvalue weighted by Crippen LogP contribution is -2.08. The molecule has 0 saturated carbocycles. The number of ketones is 1. The molecule has 1 aromatic rings. The summed E-state index contributed by atoms with van der Waals surface area (Å²) in [7, 11) is 0. The predicted octanol–water partition coefficient (Wildman–Crippen LogP) is 2.08. The second-order valence-corrected chi connectivity index (χ2v) is 3.41. The fourth-order valence-corrected chi connectivity index (χ4v) is 1.01. The number of hydrogen-bond acceptors (Lipinski definition) is 4. The first-order valence-corrected chi connectivity index (χ1v) is 4.63. The Morgan fingerprint density at radius 2 is 1.94 bits per heavy atom. The molecule has 1 aromatic carbocycles. The zero-order valence-corrected chi connectivity index (χ0v) is 9.11. The summed E-state index contributed by atoms with van der Waals surface area (Å²) < 4.78 is 4.84. The molecule has 0 bridgehead atoms.